The molecule has 0 unspecified atom stereocenters. The van der Waals surface area contributed by atoms with Gasteiger partial charge in [-0.25, -0.2) is 4.79 Å². The smallest absolute Gasteiger partial charge is 0.326 e. The van der Waals surface area contributed by atoms with E-state index in [0.717, 1.165) is 0 Å². The van der Waals surface area contributed by atoms with E-state index in [2.05, 4.69) is 20.0 Å². The lowest BCUT2D eigenvalue weighted by Crippen LogP contribution is -2.41. The molecule has 2 N–H and O–H groups in total. The molecule has 1 aromatic carbocycles. The molecule has 0 saturated heterocycles. The number of rotatable bonds is 7. The number of benzene rings is 1. The van der Waals surface area contributed by atoms with Crippen LogP contribution in [0.15, 0.2) is 28.8 Å². The molecular weight excluding hydrogens is 336 g/mol. The van der Waals surface area contributed by atoms with Crippen LogP contribution in [-0.2, 0) is 4.79 Å². The van der Waals surface area contributed by atoms with E-state index in [0.29, 0.717) is 12.0 Å². The minimum atomic E-state index is -2.86. The lowest BCUT2D eigenvalue weighted by atomic mass is 10.0. The van der Waals surface area contributed by atoms with E-state index in [4.69, 9.17) is 5.11 Å². The molecule has 0 fully saturated rings. The van der Waals surface area contributed by atoms with Gasteiger partial charge in [0.2, 0.25) is 5.82 Å². The predicted molar refractivity (Wildman–Crippen MR) is 83.0 cm³/mol. The van der Waals surface area contributed by atoms with Gasteiger partial charge in [-0.05, 0) is 24.5 Å². The third-order valence-corrected chi connectivity index (χ3v) is 3.34. The van der Waals surface area contributed by atoms with Crippen LogP contribution < -0.4 is 5.32 Å². The van der Waals surface area contributed by atoms with Crippen molar-refractivity contribution in [2.45, 2.75) is 32.7 Å². The Hall–Kier alpha value is -2.84. The molecule has 134 valence electrons. The molecule has 9 heteroatoms. The molecule has 0 aliphatic heterocycles. The molecule has 2 rings (SSSR count). The number of carboxylic acids is 1. The number of aliphatic carboxylic acids is 1. The number of carbonyl (C=O) groups excluding carboxylic acids is 1. The quantitative estimate of drug-likeness (QED) is 0.793. The van der Waals surface area contributed by atoms with E-state index in [1.54, 1.807) is 0 Å². The second kappa shape index (κ2) is 7.82. The summed E-state index contributed by atoms with van der Waals surface area (Å²) in [4.78, 5) is 26.9. The molecule has 1 heterocycles. The maximum Gasteiger partial charge on any atom is 0.326 e. The summed E-state index contributed by atoms with van der Waals surface area (Å²) in [6, 6.07) is 4.80. The van der Waals surface area contributed by atoms with Gasteiger partial charge in [0.1, 0.15) is 6.04 Å². The summed E-state index contributed by atoms with van der Waals surface area (Å²) in [5, 5.41) is 15.1. The highest BCUT2D eigenvalue weighted by Crippen LogP contribution is 2.21. The Balaban J connectivity index is 2.10. The van der Waals surface area contributed by atoms with Crippen LogP contribution in [0.3, 0.4) is 0 Å². The molecule has 0 spiro atoms. The fraction of sp³-hybridized carbons (Fsp3) is 0.375. The third kappa shape index (κ3) is 4.82. The van der Waals surface area contributed by atoms with Gasteiger partial charge in [-0.2, -0.15) is 13.8 Å². The zero-order valence-corrected chi connectivity index (χ0v) is 13.6. The maximum atomic E-state index is 12.4. The van der Waals surface area contributed by atoms with Crippen molar-refractivity contribution >= 4 is 11.9 Å². The Bertz CT molecular complexity index is 744. The fourth-order valence-corrected chi connectivity index (χ4v) is 2.15. The minimum Gasteiger partial charge on any atom is -0.480 e. The van der Waals surface area contributed by atoms with Crippen molar-refractivity contribution in [1.29, 1.82) is 0 Å². The average Bonchev–Trinajstić information content (AvgIpc) is 3.04. The van der Waals surface area contributed by atoms with Crippen molar-refractivity contribution in [1.82, 2.24) is 15.5 Å². The molecule has 0 aliphatic carbocycles. The summed E-state index contributed by atoms with van der Waals surface area (Å²) in [5.74, 6) is -2.35. The maximum absolute atomic E-state index is 12.4. The zero-order valence-electron chi connectivity index (χ0n) is 13.6. The van der Waals surface area contributed by atoms with E-state index in [9.17, 15) is 18.4 Å². The standard InChI is InChI=1S/C16H17F2N3O4/c1-8(2)7-11(16(23)24)19-14(22)10-5-3-9(4-6-10)13-20-15(12(17)18)25-21-13/h3-6,8,11-12H,7H2,1-2H3,(H,19,22)(H,23,24)/t11-/m1/s1. The second-order valence-corrected chi connectivity index (χ2v) is 5.83. The number of hydrogen-bond donors (Lipinski definition) is 2. The lowest BCUT2D eigenvalue weighted by Gasteiger charge is -2.16. The molecule has 25 heavy (non-hydrogen) atoms. The van der Waals surface area contributed by atoms with Crippen LogP contribution in [-0.4, -0.2) is 33.2 Å². The molecule has 1 amide bonds. The molecule has 0 aliphatic rings. The molecule has 2 aromatic rings. The Morgan fingerprint density at radius 2 is 1.88 bits per heavy atom. The van der Waals surface area contributed by atoms with Crippen molar-refractivity contribution in [3.63, 3.8) is 0 Å². The van der Waals surface area contributed by atoms with Gasteiger partial charge in [0, 0.05) is 11.1 Å². The van der Waals surface area contributed by atoms with Gasteiger partial charge in [0.05, 0.1) is 0 Å². The topological polar surface area (TPSA) is 105 Å². The van der Waals surface area contributed by atoms with Crippen LogP contribution in [0.1, 0.15) is 42.9 Å². The molecule has 1 atom stereocenters. The average molecular weight is 353 g/mol. The molecule has 7 nitrogen and oxygen atoms in total. The Kier molecular flexibility index (Phi) is 5.79. The number of alkyl halides is 2. The lowest BCUT2D eigenvalue weighted by molar-refractivity contribution is -0.139. The first-order valence-electron chi connectivity index (χ1n) is 7.53. The largest absolute Gasteiger partial charge is 0.480 e. The first kappa shape index (κ1) is 18.5. The van der Waals surface area contributed by atoms with Crippen molar-refractivity contribution in [2.24, 2.45) is 5.92 Å². The summed E-state index contributed by atoms with van der Waals surface area (Å²) in [5.41, 5.74) is 0.625. The van der Waals surface area contributed by atoms with Crippen LogP contribution in [0.4, 0.5) is 8.78 Å². The summed E-state index contributed by atoms with van der Waals surface area (Å²) in [6.45, 7) is 3.71. The molecular formula is C16H17F2N3O4. The van der Waals surface area contributed by atoms with Gasteiger partial charge in [0.25, 0.3) is 11.8 Å². The van der Waals surface area contributed by atoms with E-state index in [1.807, 2.05) is 13.8 Å². The number of carboxylic acid groups (broad SMARTS) is 1. The van der Waals surface area contributed by atoms with Crippen molar-refractivity contribution in [3.8, 4) is 11.4 Å². The van der Waals surface area contributed by atoms with Gasteiger partial charge in [-0.15, -0.1) is 0 Å². The van der Waals surface area contributed by atoms with Crippen molar-refractivity contribution in [3.05, 3.63) is 35.7 Å². The summed E-state index contributed by atoms with van der Waals surface area (Å²) >= 11 is 0. The number of aromatic nitrogens is 2. The van der Waals surface area contributed by atoms with Gasteiger partial charge in [-0.3, -0.25) is 4.79 Å². The number of hydrogen-bond acceptors (Lipinski definition) is 5. The first-order chi connectivity index (χ1) is 11.8. The number of carbonyl (C=O) groups is 2. The first-order valence-corrected chi connectivity index (χ1v) is 7.53. The highest BCUT2D eigenvalue weighted by atomic mass is 19.3. The number of nitrogens with one attached hydrogen (secondary N) is 1. The van der Waals surface area contributed by atoms with Gasteiger partial charge >= 0.3 is 12.4 Å². The number of amides is 1. The van der Waals surface area contributed by atoms with Gasteiger partial charge < -0.3 is 14.9 Å². The van der Waals surface area contributed by atoms with Crippen LogP contribution in [0.2, 0.25) is 0 Å². The van der Waals surface area contributed by atoms with Crippen LogP contribution in [0.5, 0.6) is 0 Å². The zero-order chi connectivity index (χ0) is 18.6. The normalized spacial score (nSPS) is 12.4. The summed E-state index contributed by atoms with van der Waals surface area (Å²) in [6.07, 6.45) is -2.56. The van der Waals surface area contributed by atoms with E-state index < -0.39 is 30.2 Å². The fourth-order valence-electron chi connectivity index (χ4n) is 2.15. The third-order valence-electron chi connectivity index (χ3n) is 3.34. The molecule has 0 radical (unpaired) electrons. The van der Waals surface area contributed by atoms with Crippen LogP contribution >= 0.6 is 0 Å². The predicted octanol–water partition coefficient (Wildman–Crippen LogP) is 2.90. The van der Waals surface area contributed by atoms with Crippen LogP contribution in [0, 0.1) is 5.92 Å². The SMILES string of the molecule is CC(C)C[C@@H](NC(=O)c1ccc(-c2noc(C(F)F)n2)cc1)C(=O)O. The summed E-state index contributed by atoms with van der Waals surface area (Å²) in [7, 11) is 0. The highest BCUT2D eigenvalue weighted by Gasteiger charge is 2.22. The van der Waals surface area contributed by atoms with Crippen molar-refractivity contribution in [2.75, 3.05) is 0 Å². The number of nitrogens with zero attached hydrogens (tertiary/aromatic N) is 2. The summed E-state index contributed by atoms with van der Waals surface area (Å²) < 4.78 is 29.3. The Morgan fingerprint density at radius 1 is 1.24 bits per heavy atom. The Labute approximate surface area is 142 Å². The van der Waals surface area contributed by atoms with E-state index >= 15 is 0 Å². The minimum absolute atomic E-state index is 0.0227. The van der Waals surface area contributed by atoms with Crippen molar-refractivity contribution < 1.29 is 28.0 Å². The second-order valence-electron chi connectivity index (χ2n) is 5.83. The monoisotopic (exact) mass is 353 g/mol. The van der Waals surface area contributed by atoms with Crippen LogP contribution in [0.25, 0.3) is 11.4 Å². The molecule has 0 saturated carbocycles. The molecule has 0 bridgehead atoms. The molecule has 1 aromatic heterocycles. The van der Waals surface area contributed by atoms with E-state index in [1.165, 1.54) is 24.3 Å². The van der Waals surface area contributed by atoms with Gasteiger partial charge in [-0.1, -0.05) is 31.1 Å². The van der Waals surface area contributed by atoms with Gasteiger partial charge in [0.15, 0.2) is 0 Å². The Morgan fingerprint density at radius 3 is 2.36 bits per heavy atom. The highest BCUT2D eigenvalue weighted by molar-refractivity contribution is 5.96. The van der Waals surface area contributed by atoms with E-state index in [-0.39, 0.29) is 17.3 Å². The number of halogens is 2.